The van der Waals surface area contributed by atoms with Crippen LogP contribution in [0.4, 0.5) is 4.39 Å². The van der Waals surface area contributed by atoms with Crippen molar-refractivity contribution in [3.63, 3.8) is 0 Å². The summed E-state index contributed by atoms with van der Waals surface area (Å²) in [5.41, 5.74) is 0.941. The lowest BCUT2D eigenvalue weighted by Crippen LogP contribution is -2.42. The van der Waals surface area contributed by atoms with E-state index in [9.17, 15) is 4.39 Å². The van der Waals surface area contributed by atoms with Crippen molar-refractivity contribution < 1.29 is 9.13 Å². The van der Waals surface area contributed by atoms with Gasteiger partial charge >= 0.3 is 0 Å². The number of halogens is 2. The largest absolute Gasteiger partial charge is 0.375 e. The maximum absolute atomic E-state index is 13.1. The van der Waals surface area contributed by atoms with Crippen LogP contribution in [0.15, 0.2) is 29.3 Å². The summed E-state index contributed by atoms with van der Waals surface area (Å²) in [5.74, 6) is 0.526. The summed E-state index contributed by atoms with van der Waals surface area (Å²) >= 11 is 0. The monoisotopic (exact) mass is 492 g/mol. The topological polar surface area (TPSA) is 48.9 Å². The third kappa shape index (κ3) is 8.31. The number of guanidine groups is 1. The van der Waals surface area contributed by atoms with Gasteiger partial charge in [-0.25, -0.2) is 4.39 Å². The first-order valence-corrected chi connectivity index (χ1v) is 9.61. The van der Waals surface area contributed by atoms with E-state index in [2.05, 4.69) is 27.4 Å². The SMILES string of the molecule is CN=C(NCCCN1CCCCC1C)NCC(OC)c1ccc(F)cc1.I. The van der Waals surface area contributed by atoms with E-state index in [1.165, 1.54) is 37.9 Å². The molecule has 1 saturated heterocycles. The number of hydrogen-bond donors (Lipinski definition) is 2. The Balaban J connectivity index is 0.00000364. The van der Waals surface area contributed by atoms with Gasteiger partial charge in [-0.1, -0.05) is 18.6 Å². The average Bonchev–Trinajstić information content (AvgIpc) is 2.66. The molecule has 0 bridgehead atoms. The van der Waals surface area contributed by atoms with E-state index >= 15 is 0 Å². The highest BCUT2D eigenvalue weighted by Gasteiger charge is 2.17. The molecule has 1 aromatic rings. The Morgan fingerprint density at radius 1 is 1.30 bits per heavy atom. The van der Waals surface area contributed by atoms with Gasteiger partial charge in [0.05, 0.1) is 6.10 Å². The van der Waals surface area contributed by atoms with Crippen molar-refractivity contribution in [3.05, 3.63) is 35.6 Å². The summed E-state index contributed by atoms with van der Waals surface area (Å²) in [6.45, 7) is 6.14. The fraction of sp³-hybridized carbons (Fsp3) is 0.650. The summed E-state index contributed by atoms with van der Waals surface area (Å²) in [7, 11) is 3.42. The van der Waals surface area contributed by atoms with Gasteiger partial charge in [-0.3, -0.25) is 4.99 Å². The van der Waals surface area contributed by atoms with Gasteiger partial charge < -0.3 is 20.3 Å². The van der Waals surface area contributed by atoms with Crippen LogP contribution in [0, 0.1) is 5.82 Å². The molecule has 2 atom stereocenters. The molecular formula is C20H34FIN4O. The molecule has 0 aliphatic carbocycles. The zero-order valence-electron chi connectivity index (χ0n) is 16.7. The zero-order valence-corrected chi connectivity index (χ0v) is 19.0. The summed E-state index contributed by atoms with van der Waals surface area (Å²) < 4.78 is 18.6. The van der Waals surface area contributed by atoms with Crippen molar-refractivity contribution in [2.24, 2.45) is 4.99 Å². The van der Waals surface area contributed by atoms with Gasteiger partial charge in [0.15, 0.2) is 5.96 Å². The predicted molar refractivity (Wildman–Crippen MR) is 120 cm³/mol. The molecule has 5 nitrogen and oxygen atoms in total. The van der Waals surface area contributed by atoms with Gasteiger partial charge in [0.1, 0.15) is 5.82 Å². The van der Waals surface area contributed by atoms with Crippen LogP contribution in [0.3, 0.4) is 0 Å². The molecule has 0 amide bonds. The highest BCUT2D eigenvalue weighted by molar-refractivity contribution is 14.0. The minimum absolute atomic E-state index is 0. The molecule has 154 valence electrons. The lowest BCUT2D eigenvalue weighted by Gasteiger charge is -2.33. The maximum atomic E-state index is 13.1. The van der Waals surface area contributed by atoms with E-state index in [1.807, 2.05) is 0 Å². The van der Waals surface area contributed by atoms with Crippen molar-refractivity contribution in [2.45, 2.75) is 44.8 Å². The Labute approximate surface area is 180 Å². The molecule has 1 aliphatic rings. The Morgan fingerprint density at radius 2 is 2.04 bits per heavy atom. The Hall–Kier alpha value is -0.930. The number of aliphatic imine (C=N–C) groups is 1. The minimum atomic E-state index is -0.239. The number of ether oxygens (including phenoxy) is 1. The number of hydrogen-bond acceptors (Lipinski definition) is 3. The highest BCUT2D eigenvalue weighted by Crippen LogP contribution is 2.17. The zero-order chi connectivity index (χ0) is 18.8. The van der Waals surface area contributed by atoms with Gasteiger partial charge in [-0.05, 0) is 50.4 Å². The van der Waals surface area contributed by atoms with E-state index in [-0.39, 0.29) is 35.9 Å². The van der Waals surface area contributed by atoms with Crippen LogP contribution in [-0.4, -0.2) is 57.2 Å². The minimum Gasteiger partial charge on any atom is -0.375 e. The standard InChI is InChI=1S/C20H33FN4O.HI/c1-16-7-4-5-13-25(16)14-6-12-23-20(22-2)24-15-19(26-3)17-8-10-18(21)11-9-17;/h8-11,16,19H,4-7,12-15H2,1-3H3,(H2,22,23,24);1H. The molecule has 1 fully saturated rings. The molecule has 0 saturated carbocycles. The molecule has 0 radical (unpaired) electrons. The second-order valence-electron chi connectivity index (χ2n) is 6.89. The first kappa shape index (κ1) is 24.1. The van der Waals surface area contributed by atoms with Gasteiger partial charge in [0.25, 0.3) is 0 Å². The molecule has 2 unspecified atom stereocenters. The Kier molecular flexibility index (Phi) is 11.9. The van der Waals surface area contributed by atoms with Crippen LogP contribution < -0.4 is 10.6 Å². The van der Waals surface area contributed by atoms with Crippen LogP contribution in [0.25, 0.3) is 0 Å². The number of piperidine rings is 1. The lowest BCUT2D eigenvalue weighted by atomic mass is 10.0. The number of nitrogens with zero attached hydrogens (tertiary/aromatic N) is 2. The molecule has 1 aromatic carbocycles. The van der Waals surface area contributed by atoms with Crippen molar-refractivity contribution in [3.8, 4) is 0 Å². The summed E-state index contributed by atoms with van der Waals surface area (Å²) in [4.78, 5) is 6.85. The number of nitrogens with one attached hydrogen (secondary N) is 2. The van der Waals surface area contributed by atoms with E-state index in [1.54, 1.807) is 26.3 Å². The van der Waals surface area contributed by atoms with Crippen molar-refractivity contribution in [1.29, 1.82) is 0 Å². The van der Waals surface area contributed by atoms with Gasteiger partial charge in [0, 0.05) is 39.8 Å². The molecule has 0 spiro atoms. The molecule has 2 rings (SSSR count). The highest BCUT2D eigenvalue weighted by atomic mass is 127. The van der Waals surface area contributed by atoms with Crippen LogP contribution in [-0.2, 0) is 4.74 Å². The van der Waals surface area contributed by atoms with Crippen molar-refractivity contribution >= 4 is 29.9 Å². The van der Waals surface area contributed by atoms with Gasteiger partial charge in [-0.2, -0.15) is 0 Å². The average molecular weight is 492 g/mol. The van der Waals surface area contributed by atoms with Gasteiger partial charge in [-0.15, -0.1) is 24.0 Å². The summed E-state index contributed by atoms with van der Waals surface area (Å²) in [5, 5.41) is 6.65. The molecule has 7 heteroatoms. The third-order valence-corrected chi connectivity index (χ3v) is 5.06. The van der Waals surface area contributed by atoms with E-state index in [0.29, 0.717) is 12.6 Å². The fourth-order valence-electron chi connectivity index (χ4n) is 3.40. The normalized spacial score (nSPS) is 19.3. The molecule has 2 N–H and O–H groups in total. The van der Waals surface area contributed by atoms with Crippen molar-refractivity contribution in [2.75, 3.05) is 40.3 Å². The molecule has 27 heavy (non-hydrogen) atoms. The second kappa shape index (κ2) is 13.3. The van der Waals surface area contributed by atoms with E-state index in [4.69, 9.17) is 4.74 Å². The smallest absolute Gasteiger partial charge is 0.191 e. The summed E-state index contributed by atoms with van der Waals surface area (Å²) in [6, 6.07) is 7.12. The molecule has 1 aliphatic heterocycles. The number of methoxy groups -OCH3 is 1. The summed E-state index contributed by atoms with van der Waals surface area (Å²) in [6.07, 6.45) is 4.95. The van der Waals surface area contributed by atoms with Crippen molar-refractivity contribution in [1.82, 2.24) is 15.5 Å². The Bertz CT molecular complexity index is 555. The second-order valence-corrected chi connectivity index (χ2v) is 6.89. The number of benzene rings is 1. The molecule has 0 aromatic heterocycles. The first-order chi connectivity index (χ1) is 12.6. The Morgan fingerprint density at radius 3 is 2.67 bits per heavy atom. The van der Waals surface area contributed by atoms with E-state index in [0.717, 1.165) is 31.0 Å². The molecular weight excluding hydrogens is 458 g/mol. The number of likely N-dealkylation sites (tertiary alicyclic amines) is 1. The lowest BCUT2D eigenvalue weighted by molar-refractivity contribution is 0.106. The van der Waals surface area contributed by atoms with Crippen LogP contribution in [0.2, 0.25) is 0 Å². The quantitative estimate of drug-likeness (QED) is 0.252. The first-order valence-electron chi connectivity index (χ1n) is 9.61. The predicted octanol–water partition coefficient (Wildman–Crippen LogP) is 3.56. The van der Waals surface area contributed by atoms with Crippen LogP contribution in [0.1, 0.15) is 44.3 Å². The fourth-order valence-corrected chi connectivity index (χ4v) is 3.40. The maximum Gasteiger partial charge on any atom is 0.191 e. The number of rotatable bonds is 8. The van der Waals surface area contributed by atoms with Crippen LogP contribution >= 0.6 is 24.0 Å². The third-order valence-electron chi connectivity index (χ3n) is 5.06. The van der Waals surface area contributed by atoms with E-state index < -0.39 is 0 Å². The van der Waals surface area contributed by atoms with Crippen LogP contribution in [0.5, 0.6) is 0 Å². The van der Waals surface area contributed by atoms with Gasteiger partial charge in [0.2, 0.25) is 0 Å². The molecule has 1 heterocycles.